The average Bonchev–Trinajstić information content (AvgIpc) is 3.21. The standard InChI is InChI=1S/C15H11N5OS2/c16-14-18-7-11(22-14)4-12-13(21)20-15(23-12)19-10-2-1-8-5-17-6-9(8)3-10/h1-5,7H,6H2,(H2,16,18)(H,19,20,21)/b12-4-. The zero-order chi connectivity index (χ0) is 15.8. The highest BCUT2D eigenvalue weighted by Gasteiger charge is 2.24. The van der Waals surface area contributed by atoms with Crippen molar-refractivity contribution in [2.75, 3.05) is 5.73 Å². The number of hydrogen-bond acceptors (Lipinski definition) is 7. The smallest absolute Gasteiger partial charge is 0.264 e. The van der Waals surface area contributed by atoms with Crippen LogP contribution in [0.2, 0.25) is 0 Å². The molecule has 0 saturated carbocycles. The van der Waals surface area contributed by atoms with Gasteiger partial charge >= 0.3 is 0 Å². The predicted molar refractivity (Wildman–Crippen MR) is 95.1 cm³/mol. The number of thiazole rings is 1. The van der Waals surface area contributed by atoms with E-state index in [-0.39, 0.29) is 5.91 Å². The molecule has 1 fully saturated rings. The minimum atomic E-state index is -0.162. The lowest BCUT2D eigenvalue weighted by Crippen LogP contribution is -2.19. The molecule has 23 heavy (non-hydrogen) atoms. The number of amidine groups is 1. The number of amides is 1. The predicted octanol–water partition coefficient (Wildman–Crippen LogP) is 2.55. The van der Waals surface area contributed by atoms with Crippen LogP contribution in [0.5, 0.6) is 0 Å². The molecule has 6 nitrogen and oxygen atoms in total. The summed E-state index contributed by atoms with van der Waals surface area (Å²) in [4.78, 5) is 26.1. The molecule has 1 amide bonds. The van der Waals surface area contributed by atoms with Gasteiger partial charge in [-0.3, -0.25) is 9.79 Å². The van der Waals surface area contributed by atoms with E-state index in [9.17, 15) is 4.79 Å². The minimum Gasteiger partial charge on any atom is -0.375 e. The third-order valence-corrected chi connectivity index (χ3v) is 5.00. The number of fused-ring (bicyclic) bond motifs is 1. The van der Waals surface area contributed by atoms with Gasteiger partial charge in [0.1, 0.15) is 0 Å². The van der Waals surface area contributed by atoms with Gasteiger partial charge in [-0.05, 0) is 41.1 Å². The average molecular weight is 341 g/mol. The van der Waals surface area contributed by atoms with Gasteiger partial charge in [-0.15, -0.1) is 0 Å². The Morgan fingerprint density at radius 1 is 1.39 bits per heavy atom. The lowest BCUT2D eigenvalue weighted by Gasteiger charge is -2.00. The second-order valence-electron chi connectivity index (χ2n) is 4.94. The Morgan fingerprint density at radius 2 is 2.30 bits per heavy atom. The summed E-state index contributed by atoms with van der Waals surface area (Å²) >= 11 is 2.65. The molecule has 0 radical (unpaired) electrons. The molecule has 2 aliphatic rings. The molecule has 2 aromatic rings. The molecule has 1 aromatic carbocycles. The van der Waals surface area contributed by atoms with Crippen LogP contribution in [-0.2, 0) is 11.3 Å². The second kappa shape index (κ2) is 5.64. The number of aliphatic imine (C=N–C) groups is 2. The van der Waals surface area contributed by atoms with Crippen molar-refractivity contribution in [3.63, 3.8) is 0 Å². The fourth-order valence-electron chi connectivity index (χ4n) is 2.26. The molecular weight excluding hydrogens is 330 g/mol. The molecule has 114 valence electrons. The molecule has 3 N–H and O–H groups in total. The van der Waals surface area contributed by atoms with E-state index >= 15 is 0 Å². The molecular formula is C15H11N5OS2. The van der Waals surface area contributed by atoms with Crippen molar-refractivity contribution in [1.82, 2.24) is 10.3 Å². The first kappa shape index (κ1) is 14.2. The summed E-state index contributed by atoms with van der Waals surface area (Å²) in [5.41, 5.74) is 8.68. The number of nitrogens with two attached hydrogens (primary N) is 1. The third-order valence-electron chi connectivity index (χ3n) is 3.31. The summed E-state index contributed by atoms with van der Waals surface area (Å²) < 4.78 is 0. The Balaban J connectivity index is 1.57. The molecule has 0 spiro atoms. The SMILES string of the molecule is Nc1ncc(/C=C2\SC(=Nc3ccc4c(c3)CN=C4)NC2=O)s1. The Morgan fingerprint density at radius 3 is 3.13 bits per heavy atom. The van der Waals surface area contributed by atoms with Crippen molar-refractivity contribution < 1.29 is 4.79 Å². The van der Waals surface area contributed by atoms with E-state index in [1.54, 1.807) is 12.3 Å². The Labute approximate surface area is 140 Å². The van der Waals surface area contributed by atoms with E-state index in [1.807, 2.05) is 24.4 Å². The van der Waals surface area contributed by atoms with Gasteiger partial charge in [-0.1, -0.05) is 17.4 Å². The molecule has 0 aliphatic carbocycles. The van der Waals surface area contributed by atoms with Gasteiger partial charge in [0, 0.05) is 12.4 Å². The third kappa shape index (κ3) is 2.90. The van der Waals surface area contributed by atoms with Crippen LogP contribution in [0.15, 0.2) is 39.3 Å². The fraction of sp³-hybridized carbons (Fsp3) is 0.0667. The van der Waals surface area contributed by atoms with Gasteiger partial charge in [0.05, 0.1) is 22.0 Å². The zero-order valence-corrected chi connectivity index (χ0v) is 13.4. The molecule has 3 heterocycles. The van der Waals surface area contributed by atoms with E-state index in [4.69, 9.17) is 5.73 Å². The van der Waals surface area contributed by atoms with E-state index in [0.717, 1.165) is 21.7 Å². The molecule has 0 bridgehead atoms. The lowest BCUT2D eigenvalue weighted by molar-refractivity contribution is -0.115. The van der Waals surface area contributed by atoms with Crippen LogP contribution in [0.3, 0.4) is 0 Å². The Hall–Kier alpha value is -2.45. The summed E-state index contributed by atoms with van der Waals surface area (Å²) in [5, 5.41) is 3.82. The summed E-state index contributed by atoms with van der Waals surface area (Å²) in [7, 11) is 0. The number of carbonyl (C=O) groups is 1. The van der Waals surface area contributed by atoms with Crippen LogP contribution in [-0.4, -0.2) is 22.3 Å². The maximum absolute atomic E-state index is 12.0. The van der Waals surface area contributed by atoms with Gasteiger partial charge < -0.3 is 11.1 Å². The number of anilines is 1. The van der Waals surface area contributed by atoms with Gasteiger partial charge in [-0.25, -0.2) is 9.98 Å². The topological polar surface area (TPSA) is 92.7 Å². The van der Waals surface area contributed by atoms with Gasteiger partial charge in [0.2, 0.25) is 0 Å². The van der Waals surface area contributed by atoms with Gasteiger partial charge in [0.15, 0.2) is 10.3 Å². The Bertz CT molecular complexity index is 897. The zero-order valence-electron chi connectivity index (χ0n) is 11.8. The lowest BCUT2D eigenvalue weighted by atomic mass is 10.1. The number of thioether (sulfide) groups is 1. The van der Waals surface area contributed by atoms with Crippen molar-refractivity contribution in [1.29, 1.82) is 0 Å². The van der Waals surface area contributed by atoms with Crippen LogP contribution in [0, 0.1) is 0 Å². The van der Waals surface area contributed by atoms with Crippen molar-refractivity contribution in [2.24, 2.45) is 9.98 Å². The summed E-state index contributed by atoms with van der Waals surface area (Å²) in [6.45, 7) is 0.686. The van der Waals surface area contributed by atoms with Crippen LogP contribution in [0.1, 0.15) is 16.0 Å². The molecule has 8 heteroatoms. The fourth-order valence-corrected chi connectivity index (χ4v) is 3.80. The second-order valence-corrected chi connectivity index (χ2v) is 7.06. The highest BCUT2D eigenvalue weighted by Crippen LogP contribution is 2.30. The maximum Gasteiger partial charge on any atom is 0.264 e. The Kier molecular flexibility index (Phi) is 3.47. The van der Waals surface area contributed by atoms with Gasteiger partial charge in [0.25, 0.3) is 5.91 Å². The van der Waals surface area contributed by atoms with Crippen LogP contribution in [0.25, 0.3) is 6.08 Å². The first-order valence-electron chi connectivity index (χ1n) is 6.81. The largest absolute Gasteiger partial charge is 0.375 e. The molecule has 0 atom stereocenters. The van der Waals surface area contributed by atoms with Crippen molar-refractivity contribution >= 4 is 57.3 Å². The molecule has 4 rings (SSSR count). The summed E-state index contributed by atoms with van der Waals surface area (Å²) in [6.07, 6.45) is 5.28. The minimum absolute atomic E-state index is 0.162. The molecule has 1 saturated heterocycles. The highest BCUT2D eigenvalue weighted by atomic mass is 32.2. The highest BCUT2D eigenvalue weighted by molar-refractivity contribution is 8.18. The van der Waals surface area contributed by atoms with Crippen molar-refractivity contribution in [2.45, 2.75) is 6.54 Å². The molecule has 2 aliphatic heterocycles. The van der Waals surface area contributed by atoms with Crippen molar-refractivity contribution in [3.8, 4) is 0 Å². The van der Waals surface area contributed by atoms with E-state index < -0.39 is 0 Å². The number of nitrogens with zero attached hydrogens (tertiary/aromatic N) is 3. The van der Waals surface area contributed by atoms with Crippen LogP contribution in [0.4, 0.5) is 10.8 Å². The monoisotopic (exact) mass is 341 g/mol. The van der Waals surface area contributed by atoms with Crippen LogP contribution >= 0.6 is 23.1 Å². The first-order valence-corrected chi connectivity index (χ1v) is 8.44. The number of nitrogen functional groups attached to an aromatic ring is 1. The summed E-state index contributed by atoms with van der Waals surface area (Å²) in [6, 6.07) is 5.90. The van der Waals surface area contributed by atoms with E-state index in [0.29, 0.717) is 21.7 Å². The number of benzene rings is 1. The van der Waals surface area contributed by atoms with Crippen LogP contribution < -0.4 is 11.1 Å². The number of aromatic nitrogens is 1. The van der Waals surface area contributed by atoms with Crippen molar-refractivity contribution in [3.05, 3.63) is 45.3 Å². The quantitative estimate of drug-likeness (QED) is 0.821. The molecule has 0 unspecified atom stereocenters. The number of rotatable bonds is 2. The number of carbonyl (C=O) groups excluding carboxylic acids is 1. The van der Waals surface area contributed by atoms with Gasteiger partial charge in [-0.2, -0.15) is 0 Å². The number of hydrogen-bond donors (Lipinski definition) is 2. The number of nitrogens with one attached hydrogen (secondary N) is 1. The first-order chi connectivity index (χ1) is 11.2. The van der Waals surface area contributed by atoms with E-state index in [1.165, 1.54) is 23.1 Å². The van der Waals surface area contributed by atoms with E-state index in [2.05, 4.69) is 20.3 Å². The summed E-state index contributed by atoms with van der Waals surface area (Å²) in [5.74, 6) is -0.162. The molecule has 1 aromatic heterocycles. The maximum atomic E-state index is 12.0. The normalized spacial score (nSPS) is 19.6.